The van der Waals surface area contributed by atoms with Crippen LogP contribution in [-0.4, -0.2) is 64.6 Å². The normalized spacial score (nSPS) is 15.2. The van der Waals surface area contributed by atoms with Crippen molar-refractivity contribution >= 4 is 42.2 Å². The first-order valence-corrected chi connectivity index (χ1v) is 11.5. The third-order valence-corrected chi connectivity index (χ3v) is 5.68. The van der Waals surface area contributed by atoms with Crippen LogP contribution in [0.25, 0.3) is 0 Å². The van der Waals surface area contributed by atoms with Gasteiger partial charge in [0.25, 0.3) is 0 Å². The molecule has 0 aliphatic heterocycles. The van der Waals surface area contributed by atoms with Crippen molar-refractivity contribution in [3.8, 4) is 0 Å². The summed E-state index contributed by atoms with van der Waals surface area (Å²) in [7, 11) is 0. The minimum absolute atomic E-state index is 0.0287. The molecule has 188 valence electrons. The lowest BCUT2D eigenvalue weighted by atomic mass is 9.98. The fourth-order valence-electron chi connectivity index (χ4n) is 2.98. The number of thiol groups is 1. The second-order valence-corrected chi connectivity index (χ2v) is 8.34. The van der Waals surface area contributed by atoms with Crippen molar-refractivity contribution in [1.82, 2.24) is 16.0 Å². The largest absolute Gasteiger partial charge is 0.480 e. The Bertz CT molecular complexity index is 869. The number of hydrogen-bond donors (Lipinski definition) is 7. The lowest BCUT2D eigenvalue weighted by Crippen LogP contribution is -2.58. The molecule has 12 heteroatoms. The quantitative estimate of drug-likeness (QED) is 0.160. The molecule has 0 fully saturated rings. The molecule has 34 heavy (non-hydrogen) atoms. The van der Waals surface area contributed by atoms with Crippen LogP contribution in [-0.2, 0) is 30.4 Å². The third kappa shape index (κ3) is 9.40. The van der Waals surface area contributed by atoms with E-state index in [0.717, 1.165) is 0 Å². The highest BCUT2D eigenvalue weighted by molar-refractivity contribution is 7.80. The summed E-state index contributed by atoms with van der Waals surface area (Å²) in [5.41, 5.74) is 11.8. The van der Waals surface area contributed by atoms with E-state index in [0.29, 0.717) is 12.0 Å². The number of nitrogens with two attached hydrogens (primary N) is 2. The zero-order valence-electron chi connectivity index (χ0n) is 19.2. The minimum Gasteiger partial charge on any atom is -0.480 e. The monoisotopic (exact) mass is 495 g/mol. The summed E-state index contributed by atoms with van der Waals surface area (Å²) in [4.78, 5) is 61.1. The lowest BCUT2D eigenvalue weighted by molar-refractivity contribution is -0.141. The van der Waals surface area contributed by atoms with Crippen LogP contribution in [0.2, 0.25) is 0 Å². The predicted molar refractivity (Wildman–Crippen MR) is 129 cm³/mol. The average molecular weight is 496 g/mol. The number of aliphatic carboxylic acids is 1. The zero-order valence-corrected chi connectivity index (χ0v) is 20.1. The van der Waals surface area contributed by atoms with Gasteiger partial charge in [-0.15, -0.1) is 0 Å². The predicted octanol–water partition coefficient (Wildman–Crippen LogP) is -1.05. The van der Waals surface area contributed by atoms with Gasteiger partial charge in [0.15, 0.2) is 0 Å². The van der Waals surface area contributed by atoms with E-state index >= 15 is 0 Å². The Kier molecular flexibility index (Phi) is 12.1. The van der Waals surface area contributed by atoms with E-state index in [-0.39, 0.29) is 18.1 Å². The molecule has 1 aromatic rings. The number of amides is 4. The van der Waals surface area contributed by atoms with E-state index in [2.05, 4.69) is 28.6 Å². The smallest absolute Gasteiger partial charge is 0.327 e. The molecule has 0 radical (unpaired) electrons. The summed E-state index contributed by atoms with van der Waals surface area (Å²) >= 11 is 3.92. The highest BCUT2D eigenvalue weighted by atomic mass is 32.1. The van der Waals surface area contributed by atoms with Crippen molar-refractivity contribution < 1.29 is 29.1 Å². The first-order valence-electron chi connectivity index (χ1n) is 10.8. The van der Waals surface area contributed by atoms with Crippen LogP contribution in [0.1, 0.15) is 32.3 Å². The number of carboxylic acid groups (broad SMARTS) is 1. The van der Waals surface area contributed by atoms with Gasteiger partial charge in [0.1, 0.15) is 18.1 Å². The summed E-state index contributed by atoms with van der Waals surface area (Å²) in [6, 6.07) is 3.96. The summed E-state index contributed by atoms with van der Waals surface area (Å²) in [6.45, 7) is 3.63. The van der Waals surface area contributed by atoms with E-state index in [1.54, 1.807) is 37.3 Å². The number of carbonyl (C=O) groups is 5. The van der Waals surface area contributed by atoms with Gasteiger partial charge in [-0.05, 0) is 11.5 Å². The van der Waals surface area contributed by atoms with Crippen LogP contribution in [0.15, 0.2) is 30.3 Å². The lowest BCUT2D eigenvalue weighted by Gasteiger charge is -2.25. The highest BCUT2D eigenvalue weighted by Crippen LogP contribution is 2.08. The van der Waals surface area contributed by atoms with E-state index in [4.69, 9.17) is 11.5 Å². The Morgan fingerprint density at radius 1 is 0.941 bits per heavy atom. The minimum atomic E-state index is -1.37. The molecule has 0 bridgehead atoms. The fourth-order valence-corrected chi connectivity index (χ4v) is 3.23. The van der Waals surface area contributed by atoms with Crippen LogP contribution in [0.3, 0.4) is 0 Å². The van der Waals surface area contributed by atoms with Gasteiger partial charge in [0.2, 0.25) is 23.6 Å². The topological polar surface area (TPSA) is 194 Å². The van der Waals surface area contributed by atoms with E-state index in [9.17, 15) is 29.1 Å². The summed E-state index contributed by atoms with van der Waals surface area (Å²) in [6.07, 6.45) is 0.135. The molecule has 1 aromatic carbocycles. The molecule has 0 heterocycles. The average Bonchev–Trinajstić information content (AvgIpc) is 2.80. The number of benzene rings is 1. The standard InChI is InChI=1S/C22H33N5O6S/c1-3-12(2)18(24)21(31)26-15(10-17(23)28)20(30)25-14(9-13-7-5-4-6-8-13)19(29)27-16(11-34)22(32)33/h4-8,12,14-16,18,34H,3,9-11,24H2,1-2H3,(H2,23,28)(H,25,30)(H,26,31)(H,27,29)(H,32,33). The summed E-state index contributed by atoms with van der Waals surface area (Å²) < 4.78 is 0. The van der Waals surface area contributed by atoms with Crippen molar-refractivity contribution in [2.24, 2.45) is 17.4 Å². The van der Waals surface area contributed by atoms with Gasteiger partial charge in [-0.3, -0.25) is 19.2 Å². The summed E-state index contributed by atoms with van der Waals surface area (Å²) in [5, 5.41) is 16.5. The number of carbonyl (C=O) groups excluding carboxylic acids is 4. The first-order chi connectivity index (χ1) is 16.0. The SMILES string of the molecule is CCC(C)C(N)C(=O)NC(CC(N)=O)C(=O)NC(Cc1ccccc1)C(=O)NC(CS)C(=O)O. The molecule has 11 nitrogen and oxygen atoms in total. The molecule has 4 amide bonds. The molecule has 5 unspecified atom stereocenters. The first kappa shape index (κ1) is 28.9. The van der Waals surface area contributed by atoms with E-state index in [1.807, 2.05) is 6.92 Å². The Morgan fingerprint density at radius 3 is 1.97 bits per heavy atom. The molecule has 0 saturated heterocycles. The number of hydrogen-bond acceptors (Lipinski definition) is 7. The van der Waals surface area contributed by atoms with E-state index in [1.165, 1.54) is 0 Å². The second-order valence-electron chi connectivity index (χ2n) is 7.98. The molecule has 0 aliphatic carbocycles. The number of rotatable bonds is 14. The van der Waals surface area contributed by atoms with Crippen LogP contribution in [0, 0.1) is 5.92 Å². The van der Waals surface area contributed by atoms with Crippen LogP contribution >= 0.6 is 12.6 Å². The highest BCUT2D eigenvalue weighted by Gasteiger charge is 2.31. The van der Waals surface area contributed by atoms with Crippen molar-refractivity contribution in [3.63, 3.8) is 0 Å². The fraction of sp³-hybridized carbons (Fsp3) is 0.500. The van der Waals surface area contributed by atoms with E-state index < -0.39 is 60.2 Å². The van der Waals surface area contributed by atoms with Gasteiger partial charge in [0.05, 0.1) is 12.5 Å². The van der Waals surface area contributed by atoms with Crippen molar-refractivity contribution in [3.05, 3.63) is 35.9 Å². The maximum absolute atomic E-state index is 13.0. The van der Waals surface area contributed by atoms with Gasteiger partial charge in [-0.2, -0.15) is 12.6 Å². The molecular formula is C22H33N5O6S. The van der Waals surface area contributed by atoms with Gasteiger partial charge in [0, 0.05) is 12.2 Å². The molecule has 1 rings (SSSR count). The Morgan fingerprint density at radius 2 is 1.47 bits per heavy atom. The zero-order chi connectivity index (χ0) is 25.8. The van der Waals surface area contributed by atoms with Crippen molar-refractivity contribution in [2.45, 2.75) is 57.3 Å². The van der Waals surface area contributed by atoms with Gasteiger partial charge in [-0.25, -0.2) is 4.79 Å². The molecule has 0 aliphatic rings. The van der Waals surface area contributed by atoms with Gasteiger partial charge >= 0.3 is 5.97 Å². The number of carboxylic acids is 1. The third-order valence-electron chi connectivity index (χ3n) is 5.31. The molecule has 0 aromatic heterocycles. The van der Waals surface area contributed by atoms with Gasteiger partial charge in [-0.1, -0.05) is 50.6 Å². The Hall–Kier alpha value is -3.12. The Balaban J connectivity index is 3.10. The maximum Gasteiger partial charge on any atom is 0.327 e. The van der Waals surface area contributed by atoms with Crippen LogP contribution in [0.4, 0.5) is 0 Å². The van der Waals surface area contributed by atoms with Crippen LogP contribution in [0.5, 0.6) is 0 Å². The number of nitrogens with one attached hydrogen (secondary N) is 3. The van der Waals surface area contributed by atoms with Crippen molar-refractivity contribution in [1.29, 1.82) is 0 Å². The van der Waals surface area contributed by atoms with Crippen molar-refractivity contribution in [2.75, 3.05) is 5.75 Å². The molecular weight excluding hydrogens is 462 g/mol. The number of primary amides is 1. The second kappa shape index (κ2) is 14.2. The molecule has 0 saturated carbocycles. The molecule has 8 N–H and O–H groups in total. The molecule has 0 spiro atoms. The summed E-state index contributed by atoms with van der Waals surface area (Å²) in [5.74, 6) is -4.71. The maximum atomic E-state index is 13.0. The van der Waals surface area contributed by atoms with Gasteiger partial charge < -0.3 is 32.5 Å². The Labute approximate surface area is 203 Å². The van der Waals surface area contributed by atoms with Crippen LogP contribution < -0.4 is 27.4 Å². The molecule has 5 atom stereocenters.